The standard InChI is InChI=1S/C19H22N6O/c1-5-7-14(6-2)11-25-17-13-24(12-15(17)10-21-25)19-20-9-8-16(22-19)18(26)23(3)4/h5-10H,1-2,11-13H2,3-4H3/b14-7+. The van der Waals surface area contributed by atoms with Crippen molar-refractivity contribution in [1.29, 1.82) is 0 Å². The third kappa shape index (κ3) is 3.42. The third-order valence-electron chi connectivity index (χ3n) is 4.21. The Balaban J connectivity index is 1.80. The first-order valence-electron chi connectivity index (χ1n) is 8.30. The molecule has 1 amide bonds. The van der Waals surface area contributed by atoms with Crippen LogP contribution in [0.4, 0.5) is 5.95 Å². The van der Waals surface area contributed by atoms with Gasteiger partial charge in [-0.15, -0.1) is 0 Å². The Labute approximate surface area is 153 Å². The fourth-order valence-electron chi connectivity index (χ4n) is 2.84. The van der Waals surface area contributed by atoms with E-state index in [4.69, 9.17) is 0 Å². The van der Waals surface area contributed by atoms with E-state index in [9.17, 15) is 4.79 Å². The van der Waals surface area contributed by atoms with Crippen molar-refractivity contribution in [2.45, 2.75) is 19.6 Å². The Bertz CT molecular complexity index is 880. The molecule has 26 heavy (non-hydrogen) atoms. The minimum Gasteiger partial charge on any atom is -0.343 e. The molecule has 0 N–H and O–H groups in total. The minimum atomic E-state index is -0.137. The van der Waals surface area contributed by atoms with E-state index in [0.717, 1.165) is 16.8 Å². The number of rotatable bonds is 6. The Hall–Kier alpha value is -3.22. The summed E-state index contributed by atoms with van der Waals surface area (Å²) in [5, 5.41) is 4.47. The van der Waals surface area contributed by atoms with E-state index >= 15 is 0 Å². The van der Waals surface area contributed by atoms with Crippen LogP contribution >= 0.6 is 0 Å². The molecule has 0 aromatic carbocycles. The van der Waals surface area contributed by atoms with E-state index in [2.05, 4.69) is 28.2 Å². The van der Waals surface area contributed by atoms with Crippen LogP contribution in [0.5, 0.6) is 0 Å². The molecule has 0 spiro atoms. The molecule has 0 aliphatic carbocycles. The average Bonchev–Trinajstić information content (AvgIpc) is 3.22. The number of amides is 1. The second-order valence-electron chi connectivity index (χ2n) is 6.25. The van der Waals surface area contributed by atoms with Crippen LogP contribution in [0.3, 0.4) is 0 Å². The van der Waals surface area contributed by atoms with Crippen LogP contribution in [-0.4, -0.2) is 44.7 Å². The summed E-state index contributed by atoms with van der Waals surface area (Å²) in [7, 11) is 3.41. The Kier molecular flexibility index (Phi) is 4.97. The molecule has 0 fully saturated rings. The molecule has 1 aliphatic heterocycles. The van der Waals surface area contributed by atoms with Gasteiger partial charge in [-0.05, 0) is 11.6 Å². The van der Waals surface area contributed by atoms with Crippen molar-refractivity contribution in [3.63, 3.8) is 0 Å². The van der Waals surface area contributed by atoms with Crippen molar-refractivity contribution in [1.82, 2.24) is 24.6 Å². The van der Waals surface area contributed by atoms with Gasteiger partial charge in [0.1, 0.15) is 5.69 Å². The van der Waals surface area contributed by atoms with E-state index in [-0.39, 0.29) is 5.91 Å². The van der Waals surface area contributed by atoms with Gasteiger partial charge in [-0.25, -0.2) is 9.97 Å². The van der Waals surface area contributed by atoms with Gasteiger partial charge in [0, 0.05) is 32.4 Å². The number of hydrogen-bond donors (Lipinski definition) is 0. The number of carbonyl (C=O) groups is 1. The molecule has 3 heterocycles. The van der Waals surface area contributed by atoms with Crippen LogP contribution in [-0.2, 0) is 19.6 Å². The van der Waals surface area contributed by atoms with Crippen molar-refractivity contribution in [2.75, 3.05) is 19.0 Å². The molecular weight excluding hydrogens is 328 g/mol. The number of aromatic nitrogens is 4. The van der Waals surface area contributed by atoms with Crippen molar-refractivity contribution in [3.8, 4) is 0 Å². The van der Waals surface area contributed by atoms with Crippen LogP contribution < -0.4 is 4.90 Å². The van der Waals surface area contributed by atoms with Gasteiger partial charge >= 0.3 is 0 Å². The quantitative estimate of drug-likeness (QED) is 0.747. The van der Waals surface area contributed by atoms with E-state index in [0.29, 0.717) is 31.3 Å². The first-order chi connectivity index (χ1) is 12.5. The first kappa shape index (κ1) is 17.6. The fourth-order valence-corrected chi connectivity index (χ4v) is 2.84. The van der Waals surface area contributed by atoms with Crippen LogP contribution in [0.25, 0.3) is 0 Å². The first-order valence-corrected chi connectivity index (χ1v) is 8.30. The molecule has 0 radical (unpaired) electrons. The second-order valence-corrected chi connectivity index (χ2v) is 6.25. The molecule has 2 aromatic rings. The third-order valence-corrected chi connectivity index (χ3v) is 4.21. The molecule has 0 bridgehead atoms. The lowest BCUT2D eigenvalue weighted by atomic mass is 10.2. The zero-order chi connectivity index (χ0) is 18.7. The lowest BCUT2D eigenvalue weighted by Gasteiger charge is -2.17. The van der Waals surface area contributed by atoms with E-state index in [1.165, 1.54) is 4.90 Å². The normalized spacial score (nSPS) is 13.5. The van der Waals surface area contributed by atoms with Crippen molar-refractivity contribution in [3.05, 3.63) is 72.4 Å². The smallest absolute Gasteiger partial charge is 0.272 e. The summed E-state index contributed by atoms with van der Waals surface area (Å²) >= 11 is 0. The molecular formula is C19H22N6O. The number of fused-ring (bicyclic) bond motifs is 1. The predicted molar refractivity (Wildman–Crippen MR) is 101 cm³/mol. The molecule has 0 atom stereocenters. The summed E-state index contributed by atoms with van der Waals surface area (Å²) in [6.07, 6.45) is 8.97. The summed E-state index contributed by atoms with van der Waals surface area (Å²) in [6.45, 7) is 9.51. The predicted octanol–water partition coefficient (Wildman–Crippen LogP) is 2.19. The molecule has 0 saturated heterocycles. The van der Waals surface area contributed by atoms with Gasteiger partial charge in [-0.3, -0.25) is 9.48 Å². The van der Waals surface area contributed by atoms with Crippen molar-refractivity contribution < 1.29 is 4.79 Å². The van der Waals surface area contributed by atoms with Gasteiger partial charge in [-0.2, -0.15) is 5.10 Å². The van der Waals surface area contributed by atoms with Gasteiger partial charge in [0.15, 0.2) is 0 Å². The summed E-state index contributed by atoms with van der Waals surface area (Å²) in [4.78, 5) is 24.4. The van der Waals surface area contributed by atoms with Crippen LogP contribution in [0.15, 0.2) is 55.4 Å². The maximum atomic E-state index is 12.1. The molecule has 7 heteroatoms. The number of nitrogens with zero attached hydrogens (tertiary/aromatic N) is 6. The van der Waals surface area contributed by atoms with Gasteiger partial charge in [-0.1, -0.05) is 31.4 Å². The maximum Gasteiger partial charge on any atom is 0.272 e. The lowest BCUT2D eigenvalue weighted by Crippen LogP contribution is -2.25. The molecule has 0 unspecified atom stereocenters. The monoisotopic (exact) mass is 350 g/mol. The van der Waals surface area contributed by atoms with Crippen LogP contribution in [0.1, 0.15) is 21.7 Å². The molecule has 7 nitrogen and oxygen atoms in total. The highest BCUT2D eigenvalue weighted by Gasteiger charge is 2.26. The number of carbonyl (C=O) groups excluding carboxylic acids is 1. The van der Waals surface area contributed by atoms with Gasteiger partial charge in [0.25, 0.3) is 5.91 Å². The van der Waals surface area contributed by atoms with Crippen molar-refractivity contribution >= 4 is 11.9 Å². The molecule has 0 saturated carbocycles. The van der Waals surface area contributed by atoms with E-state index in [1.807, 2.05) is 27.9 Å². The van der Waals surface area contributed by atoms with Gasteiger partial charge in [0.2, 0.25) is 5.95 Å². The number of allylic oxidation sites excluding steroid dienone is 4. The fraction of sp³-hybridized carbons (Fsp3) is 0.263. The molecule has 1 aliphatic rings. The topological polar surface area (TPSA) is 67.2 Å². The van der Waals surface area contributed by atoms with Gasteiger partial charge in [0.05, 0.1) is 25.0 Å². The zero-order valence-electron chi connectivity index (χ0n) is 15.1. The minimum absolute atomic E-state index is 0.137. The summed E-state index contributed by atoms with van der Waals surface area (Å²) in [6, 6.07) is 1.63. The second kappa shape index (κ2) is 7.35. The number of hydrogen-bond acceptors (Lipinski definition) is 5. The highest BCUT2D eigenvalue weighted by atomic mass is 16.2. The highest BCUT2D eigenvalue weighted by Crippen LogP contribution is 2.26. The molecule has 2 aromatic heterocycles. The van der Waals surface area contributed by atoms with E-state index in [1.54, 1.807) is 32.4 Å². The largest absolute Gasteiger partial charge is 0.343 e. The number of anilines is 1. The SMILES string of the molecule is C=C/C=C(\C=C)Cn1ncc2c1CN(c1nccc(C(=O)N(C)C)n1)C2. The Morgan fingerprint density at radius 3 is 2.85 bits per heavy atom. The van der Waals surface area contributed by atoms with Crippen LogP contribution in [0.2, 0.25) is 0 Å². The Morgan fingerprint density at radius 2 is 2.15 bits per heavy atom. The molecule has 134 valence electrons. The van der Waals surface area contributed by atoms with Crippen LogP contribution in [0, 0.1) is 0 Å². The lowest BCUT2D eigenvalue weighted by molar-refractivity contribution is 0.0822. The Morgan fingerprint density at radius 1 is 1.35 bits per heavy atom. The highest BCUT2D eigenvalue weighted by molar-refractivity contribution is 5.92. The molecule has 3 rings (SSSR count). The van der Waals surface area contributed by atoms with E-state index < -0.39 is 0 Å². The summed E-state index contributed by atoms with van der Waals surface area (Å²) < 4.78 is 1.96. The summed E-state index contributed by atoms with van der Waals surface area (Å²) in [5.74, 6) is 0.410. The summed E-state index contributed by atoms with van der Waals surface area (Å²) in [5.41, 5.74) is 3.69. The zero-order valence-corrected chi connectivity index (χ0v) is 15.1. The van der Waals surface area contributed by atoms with Crippen molar-refractivity contribution in [2.24, 2.45) is 0 Å². The van der Waals surface area contributed by atoms with Gasteiger partial charge < -0.3 is 9.80 Å². The maximum absolute atomic E-state index is 12.1. The average molecular weight is 350 g/mol.